The smallest absolute Gasteiger partial charge is 0.240 e. The number of hydrogen-bond donors (Lipinski definition) is 2. The Morgan fingerprint density at radius 1 is 1.06 bits per heavy atom. The molecular formula is C26H33N3O4S. The first-order valence-corrected chi connectivity index (χ1v) is 12.9. The van der Waals surface area contributed by atoms with Crippen molar-refractivity contribution < 1.29 is 18.6 Å². The fraction of sp³-hybridized carbons (Fsp3) is 0.423. The van der Waals surface area contributed by atoms with Gasteiger partial charge in [-0.1, -0.05) is 54.8 Å². The third kappa shape index (κ3) is 6.32. The number of carbonyl (C=O) groups is 3. The first-order valence-electron chi connectivity index (χ1n) is 11.6. The van der Waals surface area contributed by atoms with Crippen LogP contribution >= 0.6 is 0 Å². The van der Waals surface area contributed by atoms with Gasteiger partial charge in [0.25, 0.3) is 0 Å². The zero-order valence-corrected chi connectivity index (χ0v) is 20.8. The van der Waals surface area contributed by atoms with Crippen LogP contribution in [0.1, 0.15) is 53.2 Å². The minimum absolute atomic E-state index is 0.123. The Balaban J connectivity index is 1.83. The molecule has 0 heterocycles. The number of aryl methyl sites for hydroxylation is 2. The van der Waals surface area contributed by atoms with Gasteiger partial charge in [-0.3, -0.25) is 18.6 Å². The minimum Gasteiger partial charge on any atom is -0.368 e. The molecule has 3 N–H and O–H groups in total. The molecule has 1 aliphatic rings. The van der Waals surface area contributed by atoms with E-state index in [2.05, 4.69) is 5.32 Å². The lowest BCUT2D eigenvalue weighted by Gasteiger charge is -2.26. The fourth-order valence-corrected chi connectivity index (χ4v) is 5.58. The molecule has 2 aromatic carbocycles. The Hall–Kier alpha value is -3.00. The average Bonchev–Trinajstić information content (AvgIpc) is 3.28. The van der Waals surface area contributed by atoms with E-state index in [9.17, 15) is 18.6 Å². The van der Waals surface area contributed by atoms with Crippen molar-refractivity contribution in [3.63, 3.8) is 0 Å². The van der Waals surface area contributed by atoms with Crippen LogP contribution in [0.25, 0.3) is 0 Å². The van der Waals surface area contributed by atoms with Gasteiger partial charge in [0.05, 0.1) is 0 Å². The van der Waals surface area contributed by atoms with E-state index in [1.54, 1.807) is 30.3 Å². The highest BCUT2D eigenvalue weighted by Crippen LogP contribution is 2.25. The number of amides is 3. The van der Waals surface area contributed by atoms with E-state index in [4.69, 9.17) is 5.73 Å². The number of anilines is 1. The summed E-state index contributed by atoms with van der Waals surface area (Å²) in [7, 11) is -1.90. The van der Waals surface area contributed by atoms with Crippen LogP contribution in [0.2, 0.25) is 0 Å². The van der Waals surface area contributed by atoms with Crippen LogP contribution < -0.4 is 16.0 Å². The summed E-state index contributed by atoms with van der Waals surface area (Å²) in [5, 5.41) is 1.90. The highest BCUT2D eigenvalue weighted by Gasteiger charge is 2.30. The Bertz CT molecular complexity index is 1080. The lowest BCUT2D eigenvalue weighted by molar-refractivity contribution is -0.123. The number of nitrogens with one attached hydrogen (secondary N) is 1. The lowest BCUT2D eigenvalue weighted by Crippen LogP contribution is -2.45. The van der Waals surface area contributed by atoms with E-state index in [0.717, 1.165) is 42.4 Å². The van der Waals surface area contributed by atoms with Crippen molar-refractivity contribution in [3.8, 4) is 0 Å². The topological polar surface area (TPSA) is 110 Å². The number of carbonyl (C=O) groups excluding carboxylic acids is 3. The molecule has 1 aliphatic carbocycles. The number of benzene rings is 2. The van der Waals surface area contributed by atoms with Crippen LogP contribution in [0.3, 0.4) is 0 Å². The molecule has 3 amide bonds. The van der Waals surface area contributed by atoms with Gasteiger partial charge >= 0.3 is 0 Å². The van der Waals surface area contributed by atoms with Crippen molar-refractivity contribution in [2.24, 2.45) is 5.73 Å². The van der Waals surface area contributed by atoms with Crippen LogP contribution in [0.15, 0.2) is 42.5 Å². The molecular weight excluding hydrogens is 450 g/mol. The normalized spacial score (nSPS) is 15.5. The molecule has 7 nitrogen and oxygen atoms in total. The van der Waals surface area contributed by atoms with E-state index >= 15 is 0 Å². The molecule has 1 saturated carbocycles. The summed E-state index contributed by atoms with van der Waals surface area (Å²) < 4.78 is 13.2. The van der Waals surface area contributed by atoms with E-state index < -0.39 is 33.6 Å². The van der Waals surface area contributed by atoms with Gasteiger partial charge in [0, 0.05) is 22.5 Å². The summed E-state index contributed by atoms with van der Waals surface area (Å²) in [6.45, 7) is 5.54. The first-order chi connectivity index (χ1) is 16.2. The second-order valence-electron chi connectivity index (χ2n) is 8.97. The van der Waals surface area contributed by atoms with Gasteiger partial charge in [0.1, 0.15) is 17.5 Å². The fourth-order valence-electron chi connectivity index (χ4n) is 4.29. The molecule has 182 valence electrons. The summed E-state index contributed by atoms with van der Waals surface area (Å²) in [5.74, 6) is -1.93. The Morgan fingerprint density at radius 3 is 2.32 bits per heavy atom. The summed E-state index contributed by atoms with van der Waals surface area (Å²) in [6, 6.07) is 12.7. The number of nitrogens with zero attached hydrogens (tertiary/aromatic N) is 1. The Labute approximate surface area is 203 Å². The van der Waals surface area contributed by atoms with Crippen LogP contribution in [0.5, 0.6) is 0 Å². The second kappa shape index (κ2) is 11.4. The van der Waals surface area contributed by atoms with Crippen LogP contribution in [0, 0.1) is 20.8 Å². The summed E-state index contributed by atoms with van der Waals surface area (Å²) >= 11 is 0. The summed E-state index contributed by atoms with van der Waals surface area (Å²) in [6.07, 6.45) is 4.03. The number of hydrogen-bond acceptors (Lipinski definition) is 4. The van der Waals surface area contributed by atoms with Crippen molar-refractivity contribution in [3.05, 3.63) is 64.7 Å². The van der Waals surface area contributed by atoms with Crippen molar-refractivity contribution in [2.45, 2.75) is 57.7 Å². The molecule has 2 atom stereocenters. The highest BCUT2D eigenvalue weighted by atomic mass is 32.2. The zero-order valence-electron chi connectivity index (χ0n) is 20.0. The number of nitrogens with two attached hydrogens (primary N) is 1. The van der Waals surface area contributed by atoms with Crippen molar-refractivity contribution in [1.29, 1.82) is 0 Å². The van der Waals surface area contributed by atoms with E-state index in [-0.39, 0.29) is 18.5 Å². The monoisotopic (exact) mass is 483 g/mol. The van der Waals surface area contributed by atoms with Gasteiger partial charge < -0.3 is 16.0 Å². The third-order valence-corrected chi connectivity index (χ3v) is 7.92. The van der Waals surface area contributed by atoms with Crippen LogP contribution in [-0.4, -0.2) is 40.3 Å². The first kappa shape index (κ1) is 25.6. The van der Waals surface area contributed by atoms with E-state index in [1.807, 2.05) is 32.9 Å². The summed E-state index contributed by atoms with van der Waals surface area (Å²) in [4.78, 5) is 39.7. The maximum absolute atomic E-state index is 13.4. The van der Waals surface area contributed by atoms with Gasteiger partial charge in [-0.05, 0) is 56.4 Å². The zero-order chi connectivity index (χ0) is 24.8. The Kier molecular flexibility index (Phi) is 8.61. The molecule has 8 heteroatoms. The SMILES string of the molecule is Cc1ccc(C(C(N)=O)S(=O)CC(=O)N(CC(=O)NC2CCCC2)c2cccc(C)c2C)cc1. The molecule has 0 spiro atoms. The quantitative estimate of drug-likeness (QED) is 0.571. The number of primary amides is 1. The van der Waals surface area contributed by atoms with Gasteiger partial charge in [0.2, 0.25) is 17.7 Å². The maximum atomic E-state index is 13.4. The predicted molar refractivity (Wildman–Crippen MR) is 135 cm³/mol. The van der Waals surface area contributed by atoms with Crippen molar-refractivity contribution in [2.75, 3.05) is 17.2 Å². The highest BCUT2D eigenvalue weighted by molar-refractivity contribution is 7.86. The van der Waals surface area contributed by atoms with E-state index in [1.165, 1.54) is 4.90 Å². The van der Waals surface area contributed by atoms with Gasteiger partial charge in [-0.15, -0.1) is 0 Å². The van der Waals surface area contributed by atoms with Crippen LogP contribution in [-0.2, 0) is 25.2 Å². The number of rotatable bonds is 9. The molecule has 0 aliphatic heterocycles. The average molecular weight is 484 g/mol. The molecule has 0 saturated heterocycles. The molecule has 0 bridgehead atoms. The van der Waals surface area contributed by atoms with Gasteiger partial charge in [-0.25, -0.2) is 0 Å². The lowest BCUT2D eigenvalue weighted by atomic mass is 10.1. The molecule has 2 aromatic rings. The molecule has 0 aromatic heterocycles. The summed E-state index contributed by atoms with van der Waals surface area (Å²) in [5.41, 5.74) is 9.48. The Morgan fingerprint density at radius 2 is 1.71 bits per heavy atom. The molecule has 0 radical (unpaired) electrons. The van der Waals surface area contributed by atoms with Crippen molar-refractivity contribution >= 4 is 34.2 Å². The van der Waals surface area contributed by atoms with E-state index in [0.29, 0.717) is 11.3 Å². The third-order valence-electron chi connectivity index (χ3n) is 6.36. The maximum Gasteiger partial charge on any atom is 0.240 e. The van der Waals surface area contributed by atoms with Crippen molar-refractivity contribution in [1.82, 2.24) is 5.32 Å². The molecule has 1 fully saturated rings. The minimum atomic E-state index is -1.90. The molecule has 3 rings (SSSR count). The second-order valence-corrected chi connectivity index (χ2v) is 10.5. The standard InChI is InChI=1S/C26H33N3O4S/c1-17-11-13-20(14-12-17)25(26(27)32)34(33)16-24(31)29(22-10-6-7-18(2)19(22)3)15-23(30)28-21-8-4-5-9-21/h6-7,10-14,21,25H,4-5,8-9,15-16H2,1-3H3,(H2,27,32)(H,28,30). The molecule has 34 heavy (non-hydrogen) atoms. The van der Waals surface area contributed by atoms with Gasteiger partial charge in [0.15, 0.2) is 0 Å². The van der Waals surface area contributed by atoms with Gasteiger partial charge in [-0.2, -0.15) is 0 Å². The largest absolute Gasteiger partial charge is 0.368 e. The predicted octanol–water partition coefficient (Wildman–Crippen LogP) is 2.98. The van der Waals surface area contributed by atoms with Crippen LogP contribution in [0.4, 0.5) is 5.69 Å². The molecule has 2 unspecified atom stereocenters.